The molecule has 0 aliphatic heterocycles. The number of amides is 1. The minimum absolute atomic E-state index is 0.118. The summed E-state index contributed by atoms with van der Waals surface area (Å²) in [6.07, 6.45) is 5.10. The van der Waals surface area contributed by atoms with Gasteiger partial charge in [-0.25, -0.2) is 9.29 Å². The Bertz CT molecular complexity index is 685. The molecule has 0 spiro atoms. The van der Waals surface area contributed by atoms with Crippen LogP contribution in [0.5, 0.6) is 0 Å². The van der Waals surface area contributed by atoms with Crippen LogP contribution in [0.2, 0.25) is 0 Å². The van der Waals surface area contributed by atoms with Gasteiger partial charge in [-0.3, -0.25) is 9.78 Å². The number of carbonyl (C=O) groups is 1. The molecule has 0 aromatic carbocycles. The van der Waals surface area contributed by atoms with Gasteiger partial charge in [-0.15, -0.1) is 3.89 Å². The Kier molecular flexibility index (Phi) is 3.92. The van der Waals surface area contributed by atoms with Crippen molar-refractivity contribution in [2.75, 3.05) is 4.31 Å². The second-order valence-electron chi connectivity index (χ2n) is 4.90. The lowest BCUT2D eigenvalue weighted by Gasteiger charge is -2.17. The molecule has 2 heterocycles. The van der Waals surface area contributed by atoms with Crippen molar-refractivity contribution in [2.45, 2.75) is 18.8 Å². The second kappa shape index (κ2) is 5.85. The van der Waals surface area contributed by atoms with Gasteiger partial charge < -0.3 is 0 Å². The van der Waals surface area contributed by atoms with Crippen LogP contribution in [0.1, 0.15) is 22.7 Å². The smallest absolute Gasteiger partial charge is 0.227 e. The van der Waals surface area contributed by atoms with Gasteiger partial charge in [-0.1, -0.05) is 17.6 Å². The van der Waals surface area contributed by atoms with Crippen LogP contribution < -0.4 is 9.77 Å². The summed E-state index contributed by atoms with van der Waals surface area (Å²) in [5.74, 6) is 0.457. The number of rotatable bonds is 4. The van der Waals surface area contributed by atoms with Crippen molar-refractivity contribution in [3.05, 3.63) is 47.4 Å². The fourth-order valence-corrected chi connectivity index (χ4v) is 2.97. The Hall–Kier alpha value is -1.89. The normalized spacial score (nSPS) is 16.5. The van der Waals surface area contributed by atoms with Gasteiger partial charge in [-0.05, 0) is 36.0 Å². The molecule has 1 atom stereocenters. The summed E-state index contributed by atoms with van der Waals surface area (Å²) in [5, 5.41) is 0. The molecule has 2 radical (unpaired) electrons. The Morgan fingerprint density at radius 2 is 2.29 bits per heavy atom. The van der Waals surface area contributed by atoms with Gasteiger partial charge in [0.05, 0.1) is 0 Å². The lowest BCUT2D eigenvalue weighted by molar-refractivity contribution is -0.106. The molecule has 0 fully saturated rings. The van der Waals surface area contributed by atoms with Gasteiger partial charge >= 0.3 is 0 Å². The molecule has 1 unspecified atom stereocenters. The standard InChI is InChI=1S/C14H11BFN3OS/c15-11-5-10-4-9(6-13(10)18-7-11)12-2-1-3-17-14(12)19(8-20)21-16/h1-3,5,7-9H,4,6H2. The van der Waals surface area contributed by atoms with Gasteiger partial charge in [0.25, 0.3) is 0 Å². The molecule has 104 valence electrons. The van der Waals surface area contributed by atoms with E-state index < -0.39 is 0 Å². The highest BCUT2D eigenvalue weighted by Crippen LogP contribution is 2.37. The van der Waals surface area contributed by atoms with E-state index in [0.29, 0.717) is 17.7 Å². The largest absolute Gasteiger partial charge is 0.277 e. The molecule has 21 heavy (non-hydrogen) atoms. The van der Waals surface area contributed by atoms with Crippen molar-refractivity contribution in [2.24, 2.45) is 0 Å². The molecule has 0 N–H and O–H groups in total. The van der Waals surface area contributed by atoms with Crippen LogP contribution in [-0.4, -0.2) is 24.2 Å². The molecule has 0 bridgehead atoms. The third-order valence-corrected chi connectivity index (χ3v) is 4.03. The zero-order valence-corrected chi connectivity index (χ0v) is 11.9. The summed E-state index contributed by atoms with van der Waals surface area (Å²) in [6, 6.07) is 5.57. The van der Waals surface area contributed by atoms with Crippen LogP contribution >= 0.6 is 12.3 Å². The Balaban J connectivity index is 1.95. The lowest BCUT2D eigenvalue weighted by Crippen LogP contribution is -2.15. The number of halogens is 1. The van der Waals surface area contributed by atoms with Crippen LogP contribution in [0.25, 0.3) is 0 Å². The summed E-state index contributed by atoms with van der Waals surface area (Å²) in [5.41, 5.74) is 3.57. The number of aromatic nitrogens is 2. The third kappa shape index (κ3) is 2.65. The van der Waals surface area contributed by atoms with E-state index in [1.807, 2.05) is 12.1 Å². The minimum Gasteiger partial charge on any atom is -0.277 e. The zero-order valence-electron chi connectivity index (χ0n) is 11.1. The molecular weight excluding hydrogens is 288 g/mol. The molecule has 0 saturated heterocycles. The summed E-state index contributed by atoms with van der Waals surface area (Å²) >= 11 is -0.151. The van der Waals surface area contributed by atoms with Crippen molar-refractivity contribution in [1.29, 1.82) is 0 Å². The molecule has 3 rings (SSSR count). The highest BCUT2D eigenvalue weighted by molar-refractivity contribution is 7.96. The first-order chi connectivity index (χ1) is 10.2. The molecule has 1 aliphatic rings. The van der Waals surface area contributed by atoms with Crippen LogP contribution in [-0.2, 0) is 17.6 Å². The SMILES string of the molecule is [B]c1cnc2c(c1)CC(c1cccnc1N(C=O)SF)C2. The number of hydrogen-bond acceptors (Lipinski definition) is 4. The molecule has 2 aromatic rings. The van der Waals surface area contributed by atoms with Crippen molar-refractivity contribution in [1.82, 2.24) is 9.97 Å². The van der Waals surface area contributed by atoms with Gasteiger partial charge in [0.2, 0.25) is 6.41 Å². The predicted molar refractivity (Wildman–Crippen MR) is 81.3 cm³/mol. The molecule has 2 aromatic heterocycles. The number of pyridine rings is 2. The van der Waals surface area contributed by atoms with Crippen LogP contribution in [0, 0.1) is 0 Å². The predicted octanol–water partition coefficient (Wildman–Crippen LogP) is 1.65. The van der Waals surface area contributed by atoms with Gasteiger partial charge in [0.15, 0.2) is 18.2 Å². The fraction of sp³-hybridized carbons (Fsp3) is 0.214. The first kappa shape index (κ1) is 14.1. The number of nitrogens with zero attached hydrogens (tertiary/aromatic N) is 3. The van der Waals surface area contributed by atoms with E-state index in [2.05, 4.69) is 9.97 Å². The quantitative estimate of drug-likeness (QED) is 0.489. The highest BCUT2D eigenvalue weighted by Gasteiger charge is 2.28. The maximum absolute atomic E-state index is 12.9. The summed E-state index contributed by atoms with van der Waals surface area (Å²) in [4.78, 5) is 19.4. The monoisotopic (exact) mass is 299 g/mol. The van der Waals surface area contributed by atoms with E-state index in [9.17, 15) is 8.68 Å². The number of anilines is 1. The van der Waals surface area contributed by atoms with Crippen LogP contribution in [0.15, 0.2) is 30.6 Å². The van der Waals surface area contributed by atoms with Crippen LogP contribution in [0.3, 0.4) is 0 Å². The van der Waals surface area contributed by atoms with E-state index in [4.69, 9.17) is 7.85 Å². The maximum Gasteiger partial charge on any atom is 0.227 e. The third-order valence-electron chi connectivity index (χ3n) is 3.62. The first-order valence-corrected chi connectivity index (χ1v) is 7.11. The molecular formula is C14H11BFN3OS. The van der Waals surface area contributed by atoms with Gasteiger partial charge in [0.1, 0.15) is 7.85 Å². The van der Waals surface area contributed by atoms with E-state index >= 15 is 0 Å². The van der Waals surface area contributed by atoms with E-state index in [0.717, 1.165) is 34.0 Å². The molecule has 7 heteroatoms. The highest BCUT2D eigenvalue weighted by atomic mass is 32.2. The maximum atomic E-state index is 12.9. The topological polar surface area (TPSA) is 46.1 Å². The van der Waals surface area contributed by atoms with Gasteiger partial charge in [0, 0.05) is 18.1 Å². The van der Waals surface area contributed by atoms with Crippen molar-refractivity contribution in [3.63, 3.8) is 0 Å². The Morgan fingerprint density at radius 3 is 3.05 bits per heavy atom. The fourth-order valence-electron chi connectivity index (χ4n) is 2.72. The summed E-state index contributed by atoms with van der Waals surface area (Å²) < 4.78 is 13.8. The molecule has 1 amide bonds. The second-order valence-corrected chi connectivity index (χ2v) is 5.43. The lowest BCUT2D eigenvalue weighted by atomic mass is 9.95. The van der Waals surface area contributed by atoms with Crippen molar-refractivity contribution >= 4 is 37.9 Å². The average molecular weight is 299 g/mol. The van der Waals surface area contributed by atoms with E-state index in [1.54, 1.807) is 18.5 Å². The number of carbonyl (C=O) groups excluding carboxylic acids is 1. The van der Waals surface area contributed by atoms with E-state index in [-0.39, 0.29) is 18.3 Å². The molecule has 4 nitrogen and oxygen atoms in total. The molecule has 1 aliphatic carbocycles. The van der Waals surface area contributed by atoms with E-state index in [1.165, 1.54) is 0 Å². The van der Waals surface area contributed by atoms with Crippen LogP contribution in [0.4, 0.5) is 9.70 Å². The summed E-state index contributed by atoms with van der Waals surface area (Å²) in [6.45, 7) is 0. The van der Waals surface area contributed by atoms with Crippen molar-refractivity contribution in [3.8, 4) is 0 Å². The number of hydrogen-bond donors (Lipinski definition) is 0. The summed E-state index contributed by atoms with van der Waals surface area (Å²) in [7, 11) is 5.75. The number of fused-ring (bicyclic) bond motifs is 1. The average Bonchev–Trinajstić information content (AvgIpc) is 2.92. The Labute approximate surface area is 127 Å². The molecule has 0 saturated carbocycles. The van der Waals surface area contributed by atoms with Crippen molar-refractivity contribution < 1.29 is 8.68 Å². The zero-order chi connectivity index (χ0) is 14.8. The Morgan fingerprint density at radius 1 is 1.43 bits per heavy atom. The first-order valence-electron chi connectivity index (χ1n) is 6.44. The van der Waals surface area contributed by atoms with Gasteiger partial charge in [-0.2, -0.15) is 0 Å². The minimum atomic E-state index is -0.151.